The number of piperidine rings is 2. The first kappa shape index (κ1) is 39.0. The van der Waals surface area contributed by atoms with E-state index in [9.17, 15) is 24.0 Å². The van der Waals surface area contributed by atoms with E-state index in [1.807, 2.05) is 24.3 Å². The van der Waals surface area contributed by atoms with E-state index < -0.39 is 35.5 Å². The summed E-state index contributed by atoms with van der Waals surface area (Å²) < 4.78 is 15.6. The molecule has 0 aliphatic carbocycles. The van der Waals surface area contributed by atoms with Crippen molar-refractivity contribution in [3.63, 3.8) is 0 Å². The molecule has 15 heteroatoms. The van der Waals surface area contributed by atoms with E-state index in [1.165, 1.54) is 6.07 Å². The Labute approximate surface area is 347 Å². The Bertz CT molecular complexity index is 2290. The highest BCUT2D eigenvalue weighted by molar-refractivity contribution is 6.33. The van der Waals surface area contributed by atoms with Crippen molar-refractivity contribution < 1.29 is 28.4 Å². The second-order valence-electron chi connectivity index (χ2n) is 17.1. The molecule has 0 aromatic heterocycles. The molecule has 3 aromatic carbocycles. The van der Waals surface area contributed by atoms with Crippen LogP contribution in [-0.4, -0.2) is 122 Å². The van der Waals surface area contributed by atoms with Crippen molar-refractivity contribution in [2.45, 2.75) is 51.1 Å². The first-order valence-electron chi connectivity index (χ1n) is 20.5. The largest absolute Gasteiger partial charge is 0.371 e. The zero-order valence-corrected chi connectivity index (χ0v) is 33.7. The Hall–Kier alpha value is -5.52. The number of hydrogen-bond acceptors (Lipinski definition) is 9. The smallest absolute Gasteiger partial charge is 0.262 e. The van der Waals surface area contributed by atoms with E-state index in [1.54, 1.807) is 29.2 Å². The number of rotatable bonds is 7. The van der Waals surface area contributed by atoms with Gasteiger partial charge in [-0.05, 0) is 86.6 Å². The van der Waals surface area contributed by atoms with Crippen LogP contribution >= 0.6 is 11.6 Å². The molecule has 13 nitrogen and oxygen atoms in total. The van der Waals surface area contributed by atoms with Crippen molar-refractivity contribution in [2.75, 3.05) is 80.1 Å². The van der Waals surface area contributed by atoms with Gasteiger partial charge >= 0.3 is 0 Å². The van der Waals surface area contributed by atoms with Gasteiger partial charge in [0.2, 0.25) is 17.5 Å². The van der Waals surface area contributed by atoms with E-state index >= 15 is 4.39 Å². The minimum absolute atomic E-state index is 0.0738. The Balaban J connectivity index is 0.735. The minimum atomic E-state index is -0.995. The standard InChI is InChI=1S/C44H46ClFN8O5/c1-27-22-44(26-53(27)31-5-8-37(47-2)35(45)20-31)11-13-50(14-12-44)30-4-7-33(36(46)21-30)41(57)51-17-15-49(16-18-51)23-28-24-52(25-28)29-3-6-32-34(19-29)43(59)54(42(32)58)38-9-10-39(55)48-40(38)56/h3-8,19-21,27-28,38H,9-18,22-26H2,1H3,(H,48,55,56)/t27-,38?/m0/s1. The Morgan fingerprint density at radius 1 is 0.881 bits per heavy atom. The monoisotopic (exact) mass is 820 g/mol. The van der Waals surface area contributed by atoms with Crippen LogP contribution in [0.15, 0.2) is 54.6 Å². The molecule has 1 unspecified atom stereocenters. The summed E-state index contributed by atoms with van der Waals surface area (Å²) in [4.78, 5) is 79.2. The summed E-state index contributed by atoms with van der Waals surface area (Å²) in [7, 11) is 0. The van der Waals surface area contributed by atoms with Crippen molar-refractivity contribution in [2.24, 2.45) is 11.3 Å². The number of carbonyl (C=O) groups excluding carboxylic acids is 5. The molecule has 3 aromatic rings. The number of nitrogens with zero attached hydrogens (tertiary/aromatic N) is 7. The zero-order valence-electron chi connectivity index (χ0n) is 33.0. The molecule has 0 radical (unpaired) electrons. The molecule has 1 N–H and O–H groups in total. The highest BCUT2D eigenvalue weighted by Gasteiger charge is 2.46. The summed E-state index contributed by atoms with van der Waals surface area (Å²) in [6, 6.07) is 15.2. The number of imide groups is 2. The van der Waals surface area contributed by atoms with E-state index in [-0.39, 0.29) is 40.9 Å². The Morgan fingerprint density at radius 3 is 2.27 bits per heavy atom. The van der Waals surface area contributed by atoms with E-state index in [0.29, 0.717) is 48.8 Å². The number of fused-ring (bicyclic) bond motifs is 1. The molecule has 0 bridgehead atoms. The van der Waals surface area contributed by atoms with Crippen LogP contribution in [0, 0.1) is 23.7 Å². The number of piperazine rings is 1. The number of nitrogens with one attached hydrogen (secondary N) is 1. The van der Waals surface area contributed by atoms with Gasteiger partial charge in [0.25, 0.3) is 17.7 Å². The van der Waals surface area contributed by atoms with Crippen molar-refractivity contribution in [1.29, 1.82) is 0 Å². The fourth-order valence-electron chi connectivity index (χ4n) is 10.1. The molecule has 5 amide bonds. The third-order valence-corrected chi connectivity index (χ3v) is 13.7. The Morgan fingerprint density at radius 2 is 1.58 bits per heavy atom. The lowest BCUT2D eigenvalue weighted by Crippen LogP contribution is -2.55. The van der Waals surface area contributed by atoms with Gasteiger partial charge in [-0.3, -0.25) is 39.1 Å². The minimum Gasteiger partial charge on any atom is -0.371 e. The highest BCUT2D eigenvalue weighted by Crippen LogP contribution is 2.46. The van der Waals surface area contributed by atoms with E-state index in [4.69, 9.17) is 18.2 Å². The molecule has 5 fully saturated rings. The molecule has 1 spiro atoms. The quantitative estimate of drug-likeness (QED) is 0.253. The van der Waals surface area contributed by atoms with Crippen molar-refractivity contribution in [3.05, 3.63) is 93.5 Å². The fraction of sp³-hybridized carbons (Fsp3) is 0.455. The van der Waals surface area contributed by atoms with Crippen LogP contribution in [-0.2, 0) is 9.59 Å². The maximum absolute atomic E-state index is 15.6. The summed E-state index contributed by atoms with van der Waals surface area (Å²) in [6.07, 6.45) is 3.22. The van der Waals surface area contributed by atoms with E-state index in [0.717, 1.165) is 80.5 Å². The summed E-state index contributed by atoms with van der Waals surface area (Å²) in [6.45, 7) is 16.9. The average Bonchev–Trinajstić information content (AvgIpc) is 3.66. The number of amides is 5. The van der Waals surface area contributed by atoms with Gasteiger partial charge in [0.15, 0.2) is 0 Å². The lowest BCUT2D eigenvalue weighted by atomic mass is 9.76. The molecule has 306 valence electrons. The molecule has 59 heavy (non-hydrogen) atoms. The van der Waals surface area contributed by atoms with Gasteiger partial charge in [0, 0.05) is 106 Å². The van der Waals surface area contributed by atoms with Crippen molar-refractivity contribution in [3.8, 4) is 0 Å². The number of halogens is 2. The van der Waals surface area contributed by atoms with Crippen molar-refractivity contribution in [1.82, 2.24) is 20.0 Å². The normalized spacial score (nSPS) is 23.5. The van der Waals surface area contributed by atoms with Gasteiger partial charge in [-0.25, -0.2) is 9.24 Å². The zero-order chi connectivity index (χ0) is 41.2. The molecule has 2 atom stereocenters. The first-order chi connectivity index (χ1) is 28.4. The fourth-order valence-corrected chi connectivity index (χ4v) is 10.3. The highest BCUT2D eigenvalue weighted by atomic mass is 35.5. The van der Waals surface area contributed by atoms with E-state index in [2.05, 4.69) is 36.7 Å². The Kier molecular flexibility index (Phi) is 10.1. The molecule has 6 aliphatic rings. The lowest BCUT2D eigenvalue weighted by Gasteiger charge is -2.45. The molecule has 6 heterocycles. The van der Waals surface area contributed by atoms with Gasteiger partial charge in [-0.2, -0.15) is 0 Å². The first-order valence-corrected chi connectivity index (χ1v) is 20.9. The van der Waals surface area contributed by atoms with Crippen LogP contribution in [0.5, 0.6) is 0 Å². The summed E-state index contributed by atoms with van der Waals surface area (Å²) in [5.41, 5.74) is 3.93. The molecular formula is C44H46ClFN8O5. The average molecular weight is 821 g/mol. The van der Waals surface area contributed by atoms with Gasteiger partial charge in [0.05, 0.1) is 23.3 Å². The maximum Gasteiger partial charge on any atom is 0.262 e. The lowest BCUT2D eigenvalue weighted by molar-refractivity contribution is -0.136. The molecule has 0 saturated carbocycles. The van der Waals surface area contributed by atoms with Crippen LogP contribution in [0.4, 0.5) is 27.1 Å². The number of carbonyl (C=O) groups is 5. The predicted molar refractivity (Wildman–Crippen MR) is 221 cm³/mol. The van der Waals surface area contributed by atoms with Crippen molar-refractivity contribution >= 4 is 63.9 Å². The van der Waals surface area contributed by atoms with Gasteiger partial charge in [0.1, 0.15) is 11.9 Å². The number of anilines is 3. The number of benzene rings is 3. The predicted octanol–water partition coefficient (Wildman–Crippen LogP) is 5.21. The molecule has 9 rings (SSSR count). The SMILES string of the molecule is [C-]#[N+]c1ccc(N2CC3(CCN(c4ccc(C(=O)N5CCN(CC6CN(c7ccc8c(c7)C(=O)N(C7CCC(=O)NC7=O)C8=O)C6)CC5)c(F)c4)CC3)C[C@@H]2C)cc1Cl. The van der Waals surface area contributed by atoms with Crippen LogP contribution in [0.3, 0.4) is 0 Å². The summed E-state index contributed by atoms with van der Waals surface area (Å²) >= 11 is 6.37. The summed E-state index contributed by atoms with van der Waals surface area (Å²) in [5, 5.41) is 2.70. The number of hydrogen-bond donors (Lipinski definition) is 1. The van der Waals surface area contributed by atoms with Crippen LogP contribution in [0.2, 0.25) is 5.02 Å². The van der Waals surface area contributed by atoms with Crippen LogP contribution in [0.25, 0.3) is 4.85 Å². The third kappa shape index (κ3) is 7.18. The summed E-state index contributed by atoms with van der Waals surface area (Å²) in [5.74, 6) is -2.46. The molecule has 6 aliphatic heterocycles. The van der Waals surface area contributed by atoms with Crippen LogP contribution in [0.1, 0.15) is 70.1 Å². The second kappa shape index (κ2) is 15.3. The maximum atomic E-state index is 15.6. The molecule has 5 saturated heterocycles. The second-order valence-corrected chi connectivity index (χ2v) is 17.5. The van der Waals surface area contributed by atoms with Gasteiger partial charge in [-0.1, -0.05) is 17.7 Å². The molecular weight excluding hydrogens is 775 g/mol. The van der Waals surface area contributed by atoms with Crippen LogP contribution < -0.4 is 20.0 Å². The van der Waals surface area contributed by atoms with Gasteiger partial charge < -0.3 is 19.6 Å². The third-order valence-electron chi connectivity index (χ3n) is 13.4. The topological polar surface area (TPSA) is 121 Å². The van der Waals surface area contributed by atoms with Gasteiger partial charge in [-0.15, -0.1) is 0 Å².